The lowest BCUT2D eigenvalue weighted by Gasteiger charge is -2.51. The van der Waals surface area contributed by atoms with Gasteiger partial charge in [-0.2, -0.15) is 0 Å². The number of hydrogen-bond acceptors (Lipinski definition) is 4. The lowest BCUT2D eigenvalue weighted by molar-refractivity contribution is -0.131. The quantitative estimate of drug-likeness (QED) is 0.510. The molecule has 7 nitrogen and oxygen atoms in total. The van der Waals surface area contributed by atoms with Crippen molar-refractivity contribution in [3.05, 3.63) is 74.0 Å². The third-order valence-electron chi connectivity index (χ3n) is 7.61. The third-order valence-corrected chi connectivity index (χ3v) is 8.35. The van der Waals surface area contributed by atoms with Crippen LogP contribution in [0.4, 0.5) is 5.69 Å². The van der Waals surface area contributed by atoms with Crippen molar-refractivity contribution in [2.24, 2.45) is 11.7 Å². The van der Waals surface area contributed by atoms with Crippen LogP contribution in [-0.4, -0.2) is 46.9 Å². The van der Waals surface area contributed by atoms with Gasteiger partial charge in [-0.1, -0.05) is 54.1 Å². The molecule has 1 saturated carbocycles. The first-order valence-corrected chi connectivity index (χ1v) is 12.9. The minimum atomic E-state index is -1.23. The number of primary amides is 1. The molecule has 36 heavy (non-hydrogen) atoms. The Labute approximate surface area is 219 Å². The number of carbonyl (C=O) groups is 2. The molecule has 0 radical (unpaired) electrons. The number of hydrogen-bond donors (Lipinski definition) is 2. The van der Waals surface area contributed by atoms with Crippen LogP contribution in [0.5, 0.6) is 0 Å². The highest BCUT2D eigenvalue weighted by Gasteiger charge is 2.51. The van der Waals surface area contributed by atoms with E-state index >= 15 is 0 Å². The zero-order valence-corrected chi connectivity index (χ0v) is 21.5. The van der Waals surface area contributed by atoms with E-state index in [1.807, 2.05) is 30.0 Å². The van der Waals surface area contributed by atoms with E-state index in [-0.39, 0.29) is 30.1 Å². The van der Waals surface area contributed by atoms with Crippen molar-refractivity contribution in [3.63, 3.8) is 0 Å². The number of carbonyl (C=O) groups excluding carboxylic acids is 2. The number of piperazine rings is 1. The van der Waals surface area contributed by atoms with E-state index < -0.39 is 11.4 Å². The number of H-pyrrole nitrogens is 1. The fourth-order valence-electron chi connectivity index (χ4n) is 5.46. The lowest BCUT2D eigenvalue weighted by atomic mass is 9.73. The van der Waals surface area contributed by atoms with Gasteiger partial charge in [-0.3, -0.25) is 14.4 Å². The van der Waals surface area contributed by atoms with Crippen LogP contribution >= 0.6 is 23.2 Å². The minimum absolute atomic E-state index is 0.239. The number of nitrogens with zero attached hydrogens (tertiary/aromatic N) is 2. The highest BCUT2D eigenvalue weighted by atomic mass is 35.5. The molecule has 2 aromatic carbocycles. The van der Waals surface area contributed by atoms with Crippen molar-refractivity contribution >= 4 is 51.6 Å². The van der Waals surface area contributed by atoms with Gasteiger partial charge < -0.3 is 20.5 Å². The van der Waals surface area contributed by atoms with Crippen LogP contribution in [0.1, 0.15) is 41.6 Å². The van der Waals surface area contributed by atoms with Gasteiger partial charge in [0.2, 0.25) is 11.5 Å². The van der Waals surface area contributed by atoms with Crippen LogP contribution in [-0.2, 0) is 4.79 Å². The van der Waals surface area contributed by atoms with Gasteiger partial charge in [0.15, 0.2) is 0 Å². The molecule has 1 aromatic heterocycles. The largest absolute Gasteiger partial charge is 0.368 e. The number of anilines is 1. The standard InChI is InChI=1S/C27H28Cl2N4O3/c1-16-5-8-23-19(11-16)20(13-24(34)31-23)25(35)33-10-9-32(18-6-7-21(28)22(29)12-18)15-27(33,26(30)36)14-17-3-2-4-17/h5-8,11-13,17H,2-4,9-10,14-15H2,1H3,(H2,30,36)(H,31,34). The molecule has 2 amide bonds. The highest BCUT2D eigenvalue weighted by molar-refractivity contribution is 6.42. The zero-order chi connectivity index (χ0) is 25.6. The number of aromatic amines is 1. The fraction of sp³-hybridized carbons (Fsp3) is 0.370. The molecular weight excluding hydrogens is 499 g/mol. The maximum Gasteiger partial charge on any atom is 0.255 e. The molecule has 1 aliphatic carbocycles. The number of aryl methyl sites for hydroxylation is 1. The number of aromatic nitrogens is 1. The van der Waals surface area contributed by atoms with E-state index in [4.69, 9.17) is 28.9 Å². The highest BCUT2D eigenvalue weighted by Crippen LogP contribution is 2.40. The molecule has 0 spiro atoms. The number of halogens is 2. The Kier molecular flexibility index (Phi) is 6.47. The molecular formula is C27H28Cl2N4O3. The summed E-state index contributed by atoms with van der Waals surface area (Å²) in [6, 6.07) is 12.2. The van der Waals surface area contributed by atoms with Crippen LogP contribution in [0.3, 0.4) is 0 Å². The summed E-state index contributed by atoms with van der Waals surface area (Å²) in [7, 11) is 0. The molecule has 1 aliphatic heterocycles. The Morgan fingerprint density at radius 3 is 2.53 bits per heavy atom. The van der Waals surface area contributed by atoms with Gasteiger partial charge >= 0.3 is 0 Å². The van der Waals surface area contributed by atoms with Crippen LogP contribution < -0.4 is 16.2 Å². The van der Waals surface area contributed by atoms with Crippen molar-refractivity contribution in [1.82, 2.24) is 9.88 Å². The first kappa shape index (κ1) is 24.7. The number of nitrogens with two attached hydrogens (primary N) is 1. The molecule has 2 heterocycles. The van der Waals surface area contributed by atoms with E-state index in [0.29, 0.717) is 39.8 Å². The minimum Gasteiger partial charge on any atom is -0.368 e. The number of fused-ring (bicyclic) bond motifs is 1. The summed E-state index contributed by atoms with van der Waals surface area (Å²) in [5.41, 5.74) is 7.15. The van der Waals surface area contributed by atoms with Crippen molar-refractivity contribution in [2.45, 2.75) is 38.1 Å². The summed E-state index contributed by atoms with van der Waals surface area (Å²) in [5.74, 6) is -0.596. The average Bonchev–Trinajstić information content (AvgIpc) is 2.82. The summed E-state index contributed by atoms with van der Waals surface area (Å²) < 4.78 is 0. The average molecular weight is 527 g/mol. The Hall–Kier alpha value is -3.03. The maximum absolute atomic E-state index is 14.1. The predicted octanol–water partition coefficient (Wildman–Crippen LogP) is 4.52. The molecule has 3 aromatic rings. The predicted molar refractivity (Wildman–Crippen MR) is 143 cm³/mol. The molecule has 9 heteroatoms. The molecule has 2 aliphatic rings. The summed E-state index contributed by atoms with van der Waals surface area (Å²) in [5, 5.41) is 1.51. The van der Waals surface area contributed by atoms with Crippen molar-refractivity contribution in [1.29, 1.82) is 0 Å². The van der Waals surface area contributed by atoms with E-state index in [1.54, 1.807) is 23.1 Å². The number of pyridine rings is 1. The van der Waals surface area contributed by atoms with Gasteiger partial charge in [0.1, 0.15) is 5.54 Å². The number of rotatable bonds is 5. The zero-order valence-electron chi connectivity index (χ0n) is 20.0. The van der Waals surface area contributed by atoms with E-state index in [9.17, 15) is 14.4 Å². The molecule has 1 saturated heterocycles. The first-order valence-electron chi connectivity index (χ1n) is 12.1. The molecule has 0 bridgehead atoms. The summed E-state index contributed by atoms with van der Waals surface area (Å²) in [6.45, 7) is 2.92. The van der Waals surface area contributed by atoms with E-state index in [0.717, 1.165) is 30.5 Å². The SMILES string of the molecule is Cc1ccc2[nH]c(=O)cc(C(=O)N3CCN(c4ccc(Cl)c(Cl)c4)CC3(CC3CCC3)C(N)=O)c2c1. The molecule has 1 unspecified atom stereocenters. The second-order valence-electron chi connectivity index (χ2n) is 9.97. The molecule has 188 valence electrons. The Balaban J connectivity index is 1.59. The number of benzene rings is 2. The van der Waals surface area contributed by atoms with Gasteiger partial charge in [0.25, 0.3) is 5.91 Å². The molecule has 1 atom stereocenters. The smallest absolute Gasteiger partial charge is 0.255 e. The van der Waals surface area contributed by atoms with Crippen LogP contribution in [0.15, 0.2) is 47.3 Å². The summed E-state index contributed by atoms with van der Waals surface area (Å²) >= 11 is 12.4. The van der Waals surface area contributed by atoms with Gasteiger partial charge in [-0.25, -0.2) is 0 Å². The Bertz CT molecular complexity index is 1420. The van der Waals surface area contributed by atoms with Crippen LogP contribution in [0.25, 0.3) is 10.9 Å². The summed E-state index contributed by atoms with van der Waals surface area (Å²) in [6.07, 6.45) is 3.57. The first-order chi connectivity index (χ1) is 17.2. The summed E-state index contributed by atoms with van der Waals surface area (Å²) in [4.78, 5) is 46.3. The van der Waals surface area contributed by atoms with Gasteiger partial charge in [0, 0.05) is 35.7 Å². The van der Waals surface area contributed by atoms with Crippen molar-refractivity contribution in [3.8, 4) is 0 Å². The third kappa shape index (κ3) is 4.35. The molecule has 5 rings (SSSR count). The topological polar surface area (TPSA) is 99.5 Å². The van der Waals surface area contributed by atoms with Gasteiger partial charge in [-0.05, 0) is 49.6 Å². The normalized spacial score (nSPS) is 20.4. The van der Waals surface area contributed by atoms with Crippen LogP contribution in [0.2, 0.25) is 10.0 Å². The van der Waals surface area contributed by atoms with Crippen LogP contribution in [0, 0.1) is 12.8 Å². The molecule has 2 fully saturated rings. The Morgan fingerprint density at radius 1 is 1.08 bits per heavy atom. The van der Waals surface area contributed by atoms with E-state index in [1.165, 1.54) is 6.07 Å². The van der Waals surface area contributed by atoms with Crippen molar-refractivity contribution in [2.75, 3.05) is 24.5 Å². The second kappa shape index (κ2) is 9.45. The number of nitrogens with one attached hydrogen (secondary N) is 1. The number of amides is 2. The second-order valence-corrected chi connectivity index (χ2v) is 10.8. The van der Waals surface area contributed by atoms with Crippen molar-refractivity contribution < 1.29 is 9.59 Å². The van der Waals surface area contributed by atoms with E-state index in [2.05, 4.69) is 4.98 Å². The monoisotopic (exact) mass is 526 g/mol. The molecule has 3 N–H and O–H groups in total. The maximum atomic E-state index is 14.1. The lowest BCUT2D eigenvalue weighted by Crippen LogP contribution is -2.70. The van der Waals surface area contributed by atoms with Gasteiger partial charge in [-0.15, -0.1) is 0 Å². The Morgan fingerprint density at radius 2 is 1.86 bits per heavy atom. The fourth-order valence-corrected chi connectivity index (χ4v) is 5.76. The van der Waals surface area contributed by atoms with Gasteiger partial charge in [0.05, 0.1) is 22.2 Å².